The molecular weight excluding hydrogens is 412 g/mol. The van der Waals surface area contributed by atoms with Crippen LogP contribution >= 0.6 is 0 Å². The summed E-state index contributed by atoms with van der Waals surface area (Å²) in [5.74, 6) is 1.40. The Morgan fingerprint density at radius 1 is 1.00 bits per heavy atom. The van der Waals surface area contributed by atoms with Crippen molar-refractivity contribution in [1.29, 1.82) is 0 Å². The third-order valence-corrected chi connectivity index (χ3v) is 6.61. The van der Waals surface area contributed by atoms with E-state index in [-0.39, 0.29) is 12.6 Å². The standard InChI is InChI=1S/C28H30N2O3/c1-21-7-5-16-29(21)17-6-18-32-25-13-11-24(12-14-25)30-20-33-27-19-23(10-15-26(27)28(30)31)22-8-3-2-4-9-22/h2-4,8-15,19,21H,5-7,16-18,20H2,1H3/t21-/m0/s1. The molecule has 1 amide bonds. The van der Waals surface area contributed by atoms with Crippen LogP contribution in [0.1, 0.15) is 36.5 Å². The second-order valence-corrected chi connectivity index (χ2v) is 8.81. The molecule has 0 radical (unpaired) electrons. The number of carbonyl (C=O) groups is 1. The van der Waals surface area contributed by atoms with E-state index in [0.29, 0.717) is 24.0 Å². The fourth-order valence-electron chi connectivity index (χ4n) is 4.66. The summed E-state index contributed by atoms with van der Waals surface area (Å²) in [6.07, 6.45) is 3.63. The van der Waals surface area contributed by atoms with Crippen LogP contribution in [0.3, 0.4) is 0 Å². The van der Waals surface area contributed by atoms with Gasteiger partial charge in [-0.3, -0.25) is 9.69 Å². The van der Waals surface area contributed by atoms with Crippen LogP contribution in [0, 0.1) is 0 Å². The summed E-state index contributed by atoms with van der Waals surface area (Å²) in [6.45, 7) is 5.49. The normalized spacial score (nSPS) is 18.2. The van der Waals surface area contributed by atoms with E-state index in [9.17, 15) is 4.79 Å². The first-order chi connectivity index (χ1) is 16.2. The highest BCUT2D eigenvalue weighted by atomic mass is 16.5. The third kappa shape index (κ3) is 4.74. The van der Waals surface area contributed by atoms with Gasteiger partial charge in [0.1, 0.15) is 11.5 Å². The number of carbonyl (C=O) groups excluding carboxylic acids is 1. The maximum atomic E-state index is 13.1. The maximum absolute atomic E-state index is 13.1. The van der Waals surface area contributed by atoms with Crippen molar-refractivity contribution in [3.8, 4) is 22.6 Å². The molecule has 5 nitrogen and oxygen atoms in total. The molecule has 0 aliphatic carbocycles. The zero-order valence-electron chi connectivity index (χ0n) is 19.1. The van der Waals surface area contributed by atoms with Crippen LogP contribution < -0.4 is 14.4 Å². The van der Waals surface area contributed by atoms with Gasteiger partial charge in [0.15, 0.2) is 6.73 Å². The van der Waals surface area contributed by atoms with Gasteiger partial charge in [0.25, 0.3) is 5.91 Å². The number of nitrogens with zero attached hydrogens (tertiary/aromatic N) is 2. The fraction of sp³-hybridized carbons (Fsp3) is 0.321. The second-order valence-electron chi connectivity index (χ2n) is 8.81. The molecule has 2 heterocycles. The minimum atomic E-state index is -0.0516. The van der Waals surface area contributed by atoms with Crippen LogP contribution in [-0.4, -0.2) is 43.3 Å². The Kier molecular flexibility index (Phi) is 6.31. The van der Waals surface area contributed by atoms with E-state index in [0.717, 1.165) is 35.5 Å². The zero-order valence-corrected chi connectivity index (χ0v) is 19.1. The van der Waals surface area contributed by atoms with Gasteiger partial charge in [0, 0.05) is 18.3 Å². The smallest absolute Gasteiger partial charge is 0.264 e. The molecule has 2 aliphatic rings. The van der Waals surface area contributed by atoms with Crippen LogP contribution in [0.4, 0.5) is 5.69 Å². The molecular formula is C28H30N2O3. The summed E-state index contributed by atoms with van der Waals surface area (Å²) in [6, 6.07) is 24.3. The van der Waals surface area contributed by atoms with E-state index >= 15 is 0 Å². The number of rotatable bonds is 7. The van der Waals surface area contributed by atoms with Gasteiger partial charge < -0.3 is 14.4 Å². The molecule has 3 aromatic rings. The van der Waals surface area contributed by atoms with Gasteiger partial charge in [-0.05, 0) is 80.3 Å². The Morgan fingerprint density at radius 2 is 1.82 bits per heavy atom. The Balaban J connectivity index is 1.19. The lowest BCUT2D eigenvalue weighted by Crippen LogP contribution is -2.38. The van der Waals surface area contributed by atoms with Crippen molar-refractivity contribution in [3.63, 3.8) is 0 Å². The van der Waals surface area contributed by atoms with Crippen molar-refractivity contribution >= 4 is 11.6 Å². The first kappa shape index (κ1) is 21.5. The van der Waals surface area contributed by atoms with Crippen molar-refractivity contribution in [2.45, 2.75) is 32.2 Å². The molecule has 2 aliphatic heterocycles. The lowest BCUT2D eigenvalue weighted by atomic mass is 10.0. The molecule has 1 fully saturated rings. The van der Waals surface area contributed by atoms with Crippen LogP contribution in [0.2, 0.25) is 0 Å². The lowest BCUT2D eigenvalue weighted by Gasteiger charge is -2.29. The SMILES string of the molecule is C[C@H]1CCCN1CCCOc1ccc(N2COc3cc(-c4ccccc4)ccc3C2=O)cc1. The largest absolute Gasteiger partial charge is 0.494 e. The van der Waals surface area contributed by atoms with E-state index < -0.39 is 0 Å². The number of ether oxygens (including phenoxy) is 2. The number of benzene rings is 3. The molecule has 0 saturated carbocycles. The first-order valence-electron chi connectivity index (χ1n) is 11.8. The van der Waals surface area contributed by atoms with Gasteiger partial charge in [-0.25, -0.2) is 0 Å². The van der Waals surface area contributed by atoms with E-state index in [1.807, 2.05) is 60.7 Å². The predicted octanol–water partition coefficient (Wildman–Crippen LogP) is 5.60. The number of fused-ring (bicyclic) bond motifs is 1. The Morgan fingerprint density at radius 3 is 2.58 bits per heavy atom. The predicted molar refractivity (Wildman–Crippen MR) is 131 cm³/mol. The Hall–Kier alpha value is -3.31. The first-order valence-corrected chi connectivity index (χ1v) is 11.8. The summed E-state index contributed by atoms with van der Waals surface area (Å²) >= 11 is 0. The summed E-state index contributed by atoms with van der Waals surface area (Å²) in [7, 11) is 0. The van der Waals surface area contributed by atoms with Crippen LogP contribution in [0.15, 0.2) is 72.8 Å². The number of likely N-dealkylation sites (tertiary alicyclic amines) is 1. The fourth-order valence-corrected chi connectivity index (χ4v) is 4.66. The van der Waals surface area contributed by atoms with Crippen molar-refractivity contribution in [2.75, 3.05) is 31.3 Å². The number of hydrogen-bond acceptors (Lipinski definition) is 4. The lowest BCUT2D eigenvalue weighted by molar-refractivity contribution is 0.0937. The highest BCUT2D eigenvalue weighted by molar-refractivity contribution is 6.09. The second kappa shape index (κ2) is 9.67. The molecule has 3 aromatic carbocycles. The molecule has 5 heteroatoms. The zero-order chi connectivity index (χ0) is 22.6. The number of anilines is 1. The molecule has 1 atom stereocenters. The van der Waals surface area contributed by atoms with Crippen LogP contribution in [0.5, 0.6) is 11.5 Å². The van der Waals surface area contributed by atoms with Gasteiger partial charge in [-0.2, -0.15) is 0 Å². The topological polar surface area (TPSA) is 42.0 Å². The van der Waals surface area contributed by atoms with Gasteiger partial charge in [-0.15, -0.1) is 0 Å². The number of hydrogen-bond donors (Lipinski definition) is 0. The average molecular weight is 443 g/mol. The molecule has 1 saturated heterocycles. The van der Waals surface area contributed by atoms with Crippen molar-refractivity contribution < 1.29 is 14.3 Å². The van der Waals surface area contributed by atoms with E-state index in [1.165, 1.54) is 19.4 Å². The molecule has 170 valence electrons. The molecule has 0 bridgehead atoms. The van der Waals surface area contributed by atoms with Gasteiger partial charge >= 0.3 is 0 Å². The molecule has 0 unspecified atom stereocenters. The Bertz CT molecular complexity index is 1100. The summed E-state index contributed by atoms with van der Waals surface area (Å²) < 4.78 is 11.9. The van der Waals surface area contributed by atoms with Crippen LogP contribution in [-0.2, 0) is 0 Å². The third-order valence-electron chi connectivity index (χ3n) is 6.61. The molecule has 5 rings (SSSR count). The van der Waals surface area contributed by atoms with Crippen molar-refractivity contribution in [1.82, 2.24) is 4.90 Å². The van der Waals surface area contributed by atoms with E-state index in [4.69, 9.17) is 9.47 Å². The molecule has 0 N–H and O–H groups in total. The molecule has 33 heavy (non-hydrogen) atoms. The van der Waals surface area contributed by atoms with Gasteiger partial charge in [0.05, 0.1) is 12.2 Å². The monoisotopic (exact) mass is 442 g/mol. The van der Waals surface area contributed by atoms with Gasteiger partial charge in [0.2, 0.25) is 0 Å². The summed E-state index contributed by atoms with van der Waals surface area (Å²) in [4.78, 5) is 17.3. The van der Waals surface area contributed by atoms with E-state index in [2.05, 4.69) is 24.0 Å². The highest BCUT2D eigenvalue weighted by Crippen LogP contribution is 2.33. The quantitative estimate of drug-likeness (QED) is 0.447. The average Bonchev–Trinajstić information content (AvgIpc) is 3.27. The highest BCUT2D eigenvalue weighted by Gasteiger charge is 2.27. The molecule has 0 aromatic heterocycles. The summed E-state index contributed by atoms with van der Waals surface area (Å²) in [5.41, 5.74) is 3.52. The van der Waals surface area contributed by atoms with Crippen LogP contribution in [0.25, 0.3) is 11.1 Å². The van der Waals surface area contributed by atoms with Crippen molar-refractivity contribution in [2.24, 2.45) is 0 Å². The summed E-state index contributed by atoms with van der Waals surface area (Å²) in [5, 5.41) is 0. The minimum absolute atomic E-state index is 0.0516. The minimum Gasteiger partial charge on any atom is -0.494 e. The molecule has 0 spiro atoms. The number of amides is 1. The Labute approximate surface area is 195 Å². The van der Waals surface area contributed by atoms with Crippen molar-refractivity contribution in [3.05, 3.63) is 78.4 Å². The van der Waals surface area contributed by atoms with E-state index in [1.54, 1.807) is 4.90 Å². The van der Waals surface area contributed by atoms with Gasteiger partial charge in [-0.1, -0.05) is 36.4 Å². The maximum Gasteiger partial charge on any atom is 0.264 e.